The van der Waals surface area contributed by atoms with Crippen molar-refractivity contribution in [3.8, 4) is 0 Å². The van der Waals surface area contributed by atoms with Gasteiger partial charge in [0.15, 0.2) is 0 Å². The van der Waals surface area contributed by atoms with Crippen molar-refractivity contribution < 1.29 is 61.3 Å². The number of carboxylic acid groups (broad SMARTS) is 1. The summed E-state index contributed by atoms with van der Waals surface area (Å²) in [6.45, 7) is 1.85. The minimum atomic E-state index is -1.11. The Morgan fingerprint density at radius 2 is 2.08 bits per heavy atom. The number of carbonyl (C=O) groups is 1. The quantitative estimate of drug-likeness (QED) is 0.443. The maximum absolute atomic E-state index is 10.5. The molecule has 0 unspecified atom stereocenters. The number of carbonyl (C=O) groups excluding carboxylic acids is 1. The van der Waals surface area contributed by atoms with E-state index in [-0.39, 0.29) is 56.9 Å². The monoisotopic (exact) mass is 300 g/mol. The Labute approximate surface area is 127 Å². The third kappa shape index (κ3) is 3.43. The molecule has 0 aliphatic rings. The fourth-order valence-corrected chi connectivity index (χ4v) is 1.35. The first-order chi connectivity index (χ1) is 5.11. The molecule has 0 radical (unpaired) electrons. The Hall–Kier alpha value is 1.06. The molecule has 12 heavy (non-hydrogen) atoms. The standard InChI is InChI=1S/C8H7IO2.K/c1-5-2-3-7(9)6(4-5)8(10)11;/h2-4H,1H3,(H,10,11);/q;+1/p-1. The number of halogens is 1. The van der Waals surface area contributed by atoms with Gasteiger partial charge >= 0.3 is 51.4 Å². The van der Waals surface area contributed by atoms with Crippen LogP contribution in [0.15, 0.2) is 18.2 Å². The number of carboxylic acids is 1. The van der Waals surface area contributed by atoms with E-state index in [1.54, 1.807) is 12.1 Å². The van der Waals surface area contributed by atoms with Crippen LogP contribution in [0.4, 0.5) is 0 Å². The summed E-state index contributed by atoms with van der Waals surface area (Å²) in [5.41, 5.74) is 1.20. The van der Waals surface area contributed by atoms with E-state index in [4.69, 9.17) is 0 Å². The van der Waals surface area contributed by atoms with Crippen molar-refractivity contribution in [3.05, 3.63) is 32.9 Å². The Morgan fingerprint density at radius 3 is 2.50 bits per heavy atom. The van der Waals surface area contributed by atoms with E-state index in [0.717, 1.165) is 5.56 Å². The Balaban J connectivity index is 0.00000121. The largest absolute Gasteiger partial charge is 1.00 e. The summed E-state index contributed by atoms with van der Waals surface area (Å²) in [6, 6.07) is 5.24. The van der Waals surface area contributed by atoms with Gasteiger partial charge in [0.05, 0.1) is 5.97 Å². The summed E-state index contributed by atoms with van der Waals surface area (Å²) in [7, 11) is 0. The van der Waals surface area contributed by atoms with Gasteiger partial charge in [-0.05, 0) is 41.6 Å². The zero-order valence-electron chi connectivity index (χ0n) is 6.93. The van der Waals surface area contributed by atoms with Crippen LogP contribution in [-0.2, 0) is 0 Å². The van der Waals surface area contributed by atoms with Gasteiger partial charge in [0, 0.05) is 9.13 Å². The van der Waals surface area contributed by atoms with Crippen molar-refractivity contribution in [2.24, 2.45) is 0 Å². The Bertz CT molecular complexity index is 299. The first-order valence-corrected chi connectivity index (χ1v) is 4.16. The molecule has 0 amide bonds. The van der Waals surface area contributed by atoms with Gasteiger partial charge in [-0.2, -0.15) is 0 Å². The van der Waals surface area contributed by atoms with Gasteiger partial charge in [-0.3, -0.25) is 0 Å². The minimum Gasteiger partial charge on any atom is -0.545 e. The second kappa shape index (κ2) is 5.72. The van der Waals surface area contributed by atoms with Crippen molar-refractivity contribution in [3.63, 3.8) is 0 Å². The van der Waals surface area contributed by atoms with E-state index in [0.29, 0.717) is 3.57 Å². The van der Waals surface area contributed by atoms with Gasteiger partial charge in [-0.25, -0.2) is 0 Å². The molecular formula is C8H6IKO2. The van der Waals surface area contributed by atoms with Crippen LogP contribution in [0.3, 0.4) is 0 Å². The number of hydrogen-bond donors (Lipinski definition) is 0. The third-order valence-electron chi connectivity index (χ3n) is 1.34. The van der Waals surface area contributed by atoms with Gasteiger partial charge in [-0.1, -0.05) is 11.6 Å². The van der Waals surface area contributed by atoms with Crippen molar-refractivity contribution in [2.75, 3.05) is 0 Å². The number of benzene rings is 1. The van der Waals surface area contributed by atoms with Crippen LogP contribution in [0.2, 0.25) is 0 Å². The predicted octanol–water partition coefficient (Wildman–Crippen LogP) is -2.03. The zero-order valence-corrected chi connectivity index (χ0v) is 12.2. The fourth-order valence-electron chi connectivity index (χ4n) is 0.796. The smallest absolute Gasteiger partial charge is 0.545 e. The van der Waals surface area contributed by atoms with Gasteiger partial charge < -0.3 is 9.90 Å². The molecule has 0 spiro atoms. The van der Waals surface area contributed by atoms with Gasteiger partial charge in [0.2, 0.25) is 0 Å². The van der Waals surface area contributed by atoms with Crippen LogP contribution in [-0.4, -0.2) is 5.97 Å². The average molecular weight is 300 g/mol. The van der Waals surface area contributed by atoms with Crippen LogP contribution < -0.4 is 56.5 Å². The summed E-state index contributed by atoms with van der Waals surface area (Å²) in [5.74, 6) is -1.11. The fraction of sp³-hybridized carbons (Fsp3) is 0.125. The van der Waals surface area contributed by atoms with Crippen molar-refractivity contribution in [1.82, 2.24) is 0 Å². The Morgan fingerprint density at radius 1 is 1.50 bits per heavy atom. The molecule has 0 saturated heterocycles. The molecule has 0 aromatic heterocycles. The van der Waals surface area contributed by atoms with Crippen LogP contribution in [0.25, 0.3) is 0 Å². The SMILES string of the molecule is Cc1ccc(I)c(C(=O)[O-])c1.[K+]. The number of aromatic carboxylic acids is 1. The first-order valence-electron chi connectivity index (χ1n) is 3.09. The van der Waals surface area contributed by atoms with Crippen LogP contribution >= 0.6 is 22.6 Å². The molecule has 1 rings (SSSR count). The first kappa shape index (κ1) is 13.1. The predicted molar refractivity (Wildman–Crippen MR) is 48.2 cm³/mol. The number of rotatable bonds is 1. The molecule has 0 saturated carbocycles. The second-order valence-corrected chi connectivity index (χ2v) is 3.43. The van der Waals surface area contributed by atoms with Crippen LogP contribution in [0.1, 0.15) is 15.9 Å². The molecule has 0 bridgehead atoms. The van der Waals surface area contributed by atoms with E-state index in [1.807, 2.05) is 35.6 Å². The minimum absolute atomic E-state index is 0. The van der Waals surface area contributed by atoms with Crippen LogP contribution in [0, 0.1) is 10.5 Å². The van der Waals surface area contributed by atoms with E-state index < -0.39 is 5.97 Å². The molecule has 1 aromatic rings. The molecule has 0 aliphatic carbocycles. The zero-order chi connectivity index (χ0) is 8.43. The summed E-state index contributed by atoms with van der Waals surface area (Å²) < 4.78 is 0.716. The normalized spacial score (nSPS) is 8.83. The van der Waals surface area contributed by atoms with Gasteiger partial charge in [-0.15, -0.1) is 0 Å². The molecule has 4 heteroatoms. The van der Waals surface area contributed by atoms with E-state index >= 15 is 0 Å². The topological polar surface area (TPSA) is 40.1 Å². The molecule has 0 heterocycles. The third-order valence-corrected chi connectivity index (χ3v) is 2.28. The maximum atomic E-state index is 10.5. The molecular weight excluding hydrogens is 294 g/mol. The molecule has 2 nitrogen and oxygen atoms in total. The van der Waals surface area contributed by atoms with E-state index in [1.165, 1.54) is 0 Å². The molecule has 1 aromatic carbocycles. The number of hydrogen-bond acceptors (Lipinski definition) is 2. The molecule has 0 atom stereocenters. The molecule has 0 fully saturated rings. The molecule has 0 N–H and O–H groups in total. The van der Waals surface area contributed by atoms with Crippen molar-refractivity contribution >= 4 is 28.6 Å². The van der Waals surface area contributed by atoms with E-state index in [2.05, 4.69) is 0 Å². The van der Waals surface area contributed by atoms with Gasteiger partial charge in [0.1, 0.15) is 0 Å². The Kier molecular flexibility index (Phi) is 6.22. The summed E-state index contributed by atoms with van der Waals surface area (Å²) in [4.78, 5) is 10.5. The second-order valence-electron chi connectivity index (χ2n) is 2.27. The summed E-state index contributed by atoms with van der Waals surface area (Å²) in [6.07, 6.45) is 0. The van der Waals surface area contributed by atoms with Gasteiger partial charge in [0.25, 0.3) is 0 Å². The molecule has 0 aliphatic heterocycles. The van der Waals surface area contributed by atoms with E-state index in [9.17, 15) is 9.90 Å². The maximum Gasteiger partial charge on any atom is 1.00 e. The van der Waals surface area contributed by atoms with Crippen molar-refractivity contribution in [2.45, 2.75) is 6.92 Å². The number of aryl methyl sites for hydroxylation is 1. The summed E-state index contributed by atoms with van der Waals surface area (Å²) in [5, 5.41) is 10.5. The average Bonchev–Trinajstić information content (AvgIpc) is 1.94. The van der Waals surface area contributed by atoms with Crippen LogP contribution in [0.5, 0.6) is 0 Å². The molecule has 58 valence electrons. The van der Waals surface area contributed by atoms with Crippen molar-refractivity contribution in [1.29, 1.82) is 0 Å². The summed E-state index contributed by atoms with van der Waals surface area (Å²) >= 11 is 1.97.